The van der Waals surface area contributed by atoms with E-state index in [-0.39, 0.29) is 18.2 Å². The van der Waals surface area contributed by atoms with Gasteiger partial charge in [0.1, 0.15) is 0 Å². The van der Waals surface area contributed by atoms with Crippen molar-refractivity contribution in [1.29, 1.82) is 0 Å². The Bertz CT molecular complexity index is 471. The van der Waals surface area contributed by atoms with E-state index in [9.17, 15) is 14.4 Å². The third-order valence-electron chi connectivity index (χ3n) is 1.91. The van der Waals surface area contributed by atoms with Crippen molar-refractivity contribution in [2.24, 2.45) is 0 Å². The molecule has 6 heteroatoms. The number of carbonyl (C=O) groups is 3. The summed E-state index contributed by atoms with van der Waals surface area (Å²) in [6.07, 6.45) is 0. The van der Waals surface area contributed by atoms with Gasteiger partial charge < -0.3 is 15.4 Å². The summed E-state index contributed by atoms with van der Waals surface area (Å²) in [6.45, 7) is 2.46. The van der Waals surface area contributed by atoms with Crippen molar-refractivity contribution in [3.63, 3.8) is 0 Å². The minimum atomic E-state index is -0.474. The van der Waals surface area contributed by atoms with Crippen LogP contribution in [0.3, 0.4) is 0 Å². The zero-order valence-corrected chi connectivity index (χ0v) is 10.1. The van der Waals surface area contributed by atoms with Gasteiger partial charge in [-0.2, -0.15) is 0 Å². The molecule has 0 spiro atoms. The van der Waals surface area contributed by atoms with Gasteiger partial charge in [0, 0.05) is 13.8 Å². The van der Waals surface area contributed by atoms with Gasteiger partial charge in [-0.3, -0.25) is 14.4 Å². The molecule has 0 aliphatic rings. The summed E-state index contributed by atoms with van der Waals surface area (Å²) in [5.74, 6) is -0.900. The summed E-state index contributed by atoms with van der Waals surface area (Å²) in [5, 5.41) is 4.91. The van der Waals surface area contributed by atoms with Gasteiger partial charge in [0.2, 0.25) is 11.8 Å². The van der Waals surface area contributed by atoms with Crippen molar-refractivity contribution in [1.82, 2.24) is 5.32 Å². The standard InChI is InChI=1S/C12H14N2O4/c1-8(15)13-7-12(17)14-10-5-3-4-6-11(10)18-9(2)16/h3-6H,7H2,1-2H3,(H,13,15)(H,14,17). The molecule has 6 nitrogen and oxygen atoms in total. The number of ether oxygens (including phenoxy) is 1. The first kappa shape index (κ1) is 13.7. The zero-order valence-electron chi connectivity index (χ0n) is 10.1. The Labute approximate surface area is 104 Å². The highest BCUT2D eigenvalue weighted by Crippen LogP contribution is 2.23. The summed E-state index contributed by atoms with van der Waals surface area (Å²) in [4.78, 5) is 33.0. The largest absolute Gasteiger partial charge is 0.424 e. The highest BCUT2D eigenvalue weighted by Gasteiger charge is 2.09. The summed E-state index contributed by atoms with van der Waals surface area (Å²) in [5.41, 5.74) is 0.378. The number of benzene rings is 1. The van der Waals surface area contributed by atoms with Crippen LogP contribution < -0.4 is 15.4 Å². The lowest BCUT2D eigenvalue weighted by atomic mass is 10.3. The van der Waals surface area contributed by atoms with Gasteiger partial charge in [-0.15, -0.1) is 0 Å². The minimum absolute atomic E-state index is 0.135. The summed E-state index contributed by atoms with van der Waals surface area (Å²) < 4.78 is 4.93. The maximum Gasteiger partial charge on any atom is 0.308 e. The number of rotatable bonds is 4. The van der Waals surface area contributed by atoms with E-state index in [4.69, 9.17) is 4.74 Å². The smallest absolute Gasteiger partial charge is 0.308 e. The van der Waals surface area contributed by atoms with Gasteiger partial charge in [0.15, 0.2) is 5.75 Å². The van der Waals surface area contributed by atoms with Crippen LogP contribution >= 0.6 is 0 Å². The predicted octanol–water partition coefficient (Wildman–Crippen LogP) is 0.686. The molecule has 0 bridgehead atoms. The monoisotopic (exact) mass is 250 g/mol. The molecule has 2 amide bonds. The Hall–Kier alpha value is -2.37. The van der Waals surface area contributed by atoms with Gasteiger partial charge in [-0.05, 0) is 12.1 Å². The molecule has 0 saturated carbocycles. The van der Waals surface area contributed by atoms with Gasteiger partial charge in [-0.25, -0.2) is 0 Å². The number of nitrogens with one attached hydrogen (secondary N) is 2. The molecule has 0 aliphatic heterocycles. The van der Waals surface area contributed by atoms with Crippen LogP contribution in [0.2, 0.25) is 0 Å². The molecule has 1 aromatic rings. The van der Waals surface area contributed by atoms with Crippen LogP contribution in [0.1, 0.15) is 13.8 Å². The van der Waals surface area contributed by atoms with Crippen LogP contribution in [0.5, 0.6) is 5.75 Å². The van der Waals surface area contributed by atoms with E-state index < -0.39 is 11.9 Å². The first-order valence-electron chi connectivity index (χ1n) is 5.31. The topological polar surface area (TPSA) is 84.5 Å². The first-order valence-corrected chi connectivity index (χ1v) is 5.31. The third kappa shape index (κ3) is 4.65. The van der Waals surface area contributed by atoms with Crippen LogP contribution in [-0.2, 0) is 14.4 Å². The van der Waals surface area contributed by atoms with Gasteiger partial charge in [-0.1, -0.05) is 12.1 Å². The number of carbonyl (C=O) groups excluding carboxylic acids is 3. The Balaban J connectivity index is 2.68. The fraction of sp³-hybridized carbons (Fsp3) is 0.250. The SMILES string of the molecule is CC(=O)NCC(=O)Nc1ccccc1OC(C)=O. The van der Waals surface area contributed by atoms with E-state index in [0.29, 0.717) is 5.69 Å². The molecule has 96 valence electrons. The average Bonchev–Trinajstić information content (AvgIpc) is 2.28. The Kier molecular flexibility index (Phi) is 4.86. The number of esters is 1. The average molecular weight is 250 g/mol. The summed E-state index contributed by atoms with van der Waals surface area (Å²) in [6, 6.07) is 6.54. The van der Waals surface area contributed by atoms with E-state index in [1.807, 2.05) is 0 Å². The minimum Gasteiger partial charge on any atom is -0.424 e. The maximum atomic E-state index is 11.5. The molecular weight excluding hydrogens is 236 g/mol. The lowest BCUT2D eigenvalue weighted by Gasteiger charge is -2.10. The number of anilines is 1. The molecule has 1 aromatic carbocycles. The van der Waals surface area contributed by atoms with E-state index in [0.717, 1.165) is 0 Å². The van der Waals surface area contributed by atoms with Gasteiger partial charge >= 0.3 is 5.97 Å². The fourth-order valence-corrected chi connectivity index (χ4v) is 1.21. The van der Waals surface area contributed by atoms with E-state index in [2.05, 4.69) is 10.6 Å². The van der Waals surface area contributed by atoms with Crippen molar-refractivity contribution in [2.45, 2.75) is 13.8 Å². The Morgan fingerprint density at radius 1 is 1.17 bits per heavy atom. The first-order chi connectivity index (χ1) is 8.49. The molecule has 0 heterocycles. The molecule has 0 atom stereocenters. The maximum absolute atomic E-state index is 11.5. The van der Waals surface area contributed by atoms with Crippen molar-refractivity contribution in [3.8, 4) is 5.75 Å². The Morgan fingerprint density at radius 3 is 2.44 bits per heavy atom. The highest BCUT2D eigenvalue weighted by atomic mass is 16.5. The van der Waals surface area contributed by atoms with E-state index in [1.165, 1.54) is 13.8 Å². The van der Waals surface area contributed by atoms with E-state index >= 15 is 0 Å². The van der Waals surface area contributed by atoms with Gasteiger partial charge in [0.05, 0.1) is 12.2 Å². The molecule has 0 unspecified atom stereocenters. The van der Waals surface area contributed by atoms with Gasteiger partial charge in [0.25, 0.3) is 0 Å². The highest BCUT2D eigenvalue weighted by molar-refractivity contribution is 5.95. The van der Waals surface area contributed by atoms with E-state index in [1.54, 1.807) is 24.3 Å². The van der Waals surface area contributed by atoms with Crippen molar-refractivity contribution in [2.75, 3.05) is 11.9 Å². The number of hydrogen-bond acceptors (Lipinski definition) is 4. The molecule has 0 aliphatic carbocycles. The molecule has 0 aromatic heterocycles. The van der Waals surface area contributed by atoms with Crippen LogP contribution in [0.15, 0.2) is 24.3 Å². The molecule has 1 rings (SSSR count). The second-order valence-electron chi connectivity index (χ2n) is 3.55. The lowest BCUT2D eigenvalue weighted by Crippen LogP contribution is -2.31. The molecule has 2 N–H and O–H groups in total. The van der Waals surface area contributed by atoms with Crippen molar-refractivity contribution in [3.05, 3.63) is 24.3 Å². The number of hydrogen-bond donors (Lipinski definition) is 2. The predicted molar refractivity (Wildman–Crippen MR) is 65.1 cm³/mol. The van der Waals surface area contributed by atoms with Crippen LogP contribution in [0.25, 0.3) is 0 Å². The second kappa shape index (κ2) is 6.39. The van der Waals surface area contributed by atoms with Crippen molar-refractivity contribution >= 4 is 23.5 Å². The molecular formula is C12H14N2O4. The summed E-state index contributed by atoms with van der Waals surface area (Å²) in [7, 11) is 0. The fourth-order valence-electron chi connectivity index (χ4n) is 1.21. The molecule has 0 saturated heterocycles. The normalized spacial score (nSPS) is 9.44. The molecule has 18 heavy (non-hydrogen) atoms. The molecule has 0 radical (unpaired) electrons. The number of para-hydroxylation sites is 2. The quantitative estimate of drug-likeness (QED) is 0.608. The lowest BCUT2D eigenvalue weighted by molar-refractivity contribution is -0.131. The number of amides is 2. The summed E-state index contributed by atoms with van der Waals surface area (Å²) >= 11 is 0. The van der Waals surface area contributed by atoms with Crippen LogP contribution in [0, 0.1) is 0 Å². The third-order valence-corrected chi connectivity index (χ3v) is 1.91. The van der Waals surface area contributed by atoms with Crippen LogP contribution in [-0.4, -0.2) is 24.3 Å². The van der Waals surface area contributed by atoms with Crippen molar-refractivity contribution < 1.29 is 19.1 Å². The van der Waals surface area contributed by atoms with Crippen LogP contribution in [0.4, 0.5) is 5.69 Å². The molecule has 0 fully saturated rings. The Morgan fingerprint density at radius 2 is 1.83 bits per heavy atom. The zero-order chi connectivity index (χ0) is 13.5. The second-order valence-corrected chi connectivity index (χ2v) is 3.55.